The van der Waals surface area contributed by atoms with Crippen molar-refractivity contribution in [2.24, 2.45) is 0 Å². The molecule has 0 unspecified atom stereocenters. The van der Waals surface area contributed by atoms with Crippen LogP contribution in [0.2, 0.25) is 5.02 Å². The van der Waals surface area contributed by atoms with Crippen LogP contribution in [0.5, 0.6) is 0 Å². The first kappa shape index (κ1) is 15.9. The highest BCUT2D eigenvalue weighted by Gasteiger charge is 2.33. The largest absolute Gasteiger partial charge is 0.361 e. The SMILES string of the molecule is Cc1ccc(NC(=O)N2CCC[C@@H]2c2c(C)noc2C)cc1Cl. The number of hydrogen-bond acceptors (Lipinski definition) is 3. The summed E-state index contributed by atoms with van der Waals surface area (Å²) in [5.74, 6) is 0.783. The van der Waals surface area contributed by atoms with Crippen molar-refractivity contribution in [2.75, 3.05) is 11.9 Å². The van der Waals surface area contributed by atoms with Crippen LogP contribution >= 0.6 is 11.6 Å². The van der Waals surface area contributed by atoms with E-state index < -0.39 is 0 Å². The zero-order valence-corrected chi connectivity index (χ0v) is 14.3. The van der Waals surface area contributed by atoms with Crippen LogP contribution in [0.15, 0.2) is 22.7 Å². The molecule has 1 N–H and O–H groups in total. The maximum atomic E-state index is 12.7. The molecule has 1 aromatic carbocycles. The third kappa shape index (κ3) is 3.06. The summed E-state index contributed by atoms with van der Waals surface area (Å²) in [5, 5.41) is 7.59. The average molecular weight is 334 g/mol. The summed E-state index contributed by atoms with van der Waals surface area (Å²) in [5.41, 5.74) is 3.57. The van der Waals surface area contributed by atoms with E-state index in [4.69, 9.17) is 16.1 Å². The highest BCUT2D eigenvalue weighted by molar-refractivity contribution is 6.31. The van der Waals surface area contributed by atoms with Gasteiger partial charge in [0, 0.05) is 22.8 Å². The first-order valence-electron chi connectivity index (χ1n) is 7.74. The lowest BCUT2D eigenvalue weighted by molar-refractivity contribution is 0.206. The van der Waals surface area contributed by atoms with Crippen LogP contribution in [0.4, 0.5) is 10.5 Å². The summed E-state index contributed by atoms with van der Waals surface area (Å²) in [6.45, 7) is 6.46. The molecule has 23 heavy (non-hydrogen) atoms. The number of aromatic nitrogens is 1. The Bertz CT molecular complexity index is 722. The van der Waals surface area contributed by atoms with Crippen molar-refractivity contribution in [3.63, 3.8) is 0 Å². The molecular weight excluding hydrogens is 314 g/mol. The number of amides is 2. The molecule has 1 saturated heterocycles. The van der Waals surface area contributed by atoms with Gasteiger partial charge >= 0.3 is 6.03 Å². The predicted octanol–water partition coefficient (Wildman–Crippen LogP) is 4.62. The van der Waals surface area contributed by atoms with Gasteiger partial charge in [-0.25, -0.2) is 4.79 Å². The predicted molar refractivity (Wildman–Crippen MR) is 89.9 cm³/mol. The summed E-state index contributed by atoms with van der Waals surface area (Å²) in [4.78, 5) is 14.5. The molecule has 6 heteroatoms. The Kier molecular flexibility index (Phi) is 4.31. The molecule has 1 aliphatic heterocycles. The third-order valence-corrected chi connectivity index (χ3v) is 4.77. The Balaban J connectivity index is 1.79. The number of anilines is 1. The van der Waals surface area contributed by atoms with Crippen molar-refractivity contribution in [1.29, 1.82) is 0 Å². The molecule has 5 nitrogen and oxygen atoms in total. The standard InChI is InChI=1S/C17H20ClN3O2/c1-10-6-7-13(9-14(10)18)19-17(22)21-8-4-5-15(21)16-11(2)20-23-12(16)3/h6-7,9,15H,4-5,8H2,1-3H3,(H,19,22)/t15-/m1/s1. The Labute approximate surface area is 140 Å². The molecule has 0 bridgehead atoms. The maximum absolute atomic E-state index is 12.7. The highest BCUT2D eigenvalue weighted by Crippen LogP contribution is 2.36. The van der Waals surface area contributed by atoms with Crippen LogP contribution in [-0.4, -0.2) is 22.6 Å². The summed E-state index contributed by atoms with van der Waals surface area (Å²) < 4.78 is 5.26. The summed E-state index contributed by atoms with van der Waals surface area (Å²) in [6.07, 6.45) is 1.89. The van der Waals surface area contributed by atoms with Crippen LogP contribution in [-0.2, 0) is 0 Å². The number of carbonyl (C=O) groups excluding carboxylic acids is 1. The quantitative estimate of drug-likeness (QED) is 0.872. The molecule has 1 atom stereocenters. The minimum atomic E-state index is -0.118. The summed E-state index contributed by atoms with van der Waals surface area (Å²) >= 11 is 6.12. The van der Waals surface area contributed by atoms with Crippen LogP contribution in [0.3, 0.4) is 0 Å². The third-order valence-electron chi connectivity index (χ3n) is 4.36. The Hall–Kier alpha value is -2.01. The molecular formula is C17H20ClN3O2. The number of rotatable bonds is 2. The fourth-order valence-electron chi connectivity index (χ4n) is 3.14. The lowest BCUT2D eigenvalue weighted by atomic mass is 10.0. The Morgan fingerprint density at radius 1 is 1.39 bits per heavy atom. The Morgan fingerprint density at radius 2 is 2.17 bits per heavy atom. The summed E-state index contributed by atoms with van der Waals surface area (Å²) in [7, 11) is 0. The number of likely N-dealkylation sites (tertiary alicyclic amines) is 1. The monoisotopic (exact) mass is 333 g/mol. The van der Waals surface area contributed by atoms with Gasteiger partial charge < -0.3 is 14.7 Å². The fraction of sp³-hybridized carbons (Fsp3) is 0.412. The molecule has 1 aliphatic rings. The van der Waals surface area contributed by atoms with E-state index in [2.05, 4.69) is 10.5 Å². The van der Waals surface area contributed by atoms with Crippen molar-refractivity contribution in [3.8, 4) is 0 Å². The van der Waals surface area contributed by atoms with Gasteiger partial charge in [0.25, 0.3) is 0 Å². The maximum Gasteiger partial charge on any atom is 0.322 e. The molecule has 2 heterocycles. The van der Waals surface area contributed by atoms with Gasteiger partial charge in [-0.05, 0) is 51.3 Å². The second-order valence-electron chi connectivity index (χ2n) is 5.98. The highest BCUT2D eigenvalue weighted by atomic mass is 35.5. The lowest BCUT2D eigenvalue weighted by Crippen LogP contribution is -2.34. The number of nitrogens with zero attached hydrogens (tertiary/aromatic N) is 2. The van der Waals surface area contributed by atoms with Gasteiger partial charge in [0.05, 0.1) is 11.7 Å². The van der Waals surface area contributed by atoms with E-state index in [0.29, 0.717) is 10.7 Å². The molecule has 0 spiro atoms. The number of hydrogen-bond donors (Lipinski definition) is 1. The van der Waals surface area contributed by atoms with Crippen molar-refractivity contribution in [3.05, 3.63) is 45.8 Å². The van der Waals surface area contributed by atoms with Crippen LogP contribution in [0, 0.1) is 20.8 Å². The molecule has 1 aromatic heterocycles. The molecule has 122 valence electrons. The number of carbonyl (C=O) groups is 1. The molecule has 0 radical (unpaired) electrons. The van der Waals surface area contributed by atoms with Crippen molar-refractivity contribution >= 4 is 23.3 Å². The van der Waals surface area contributed by atoms with E-state index in [1.165, 1.54) is 0 Å². The molecule has 3 rings (SSSR count). The molecule has 2 amide bonds. The Morgan fingerprint density at radius 3 is 2.83 bits per heavy atom. The van der Waals surface area contributed by atoms with E-state index >= 15 is 0 Å². The van der Waals surface area contributed by atoms with Crippen molar-refractivity contribution in [1.82, 2.24) is 10.1 Å². The van der Waals surface area contributed by atoms with Gasteiger partial charge in [0.15, 0.2) is 0 Å². The van der Waals surface area contributed by atoms with E-state index in [0.717, 1.165) is 42.0 Å². The number of benzene rings is 1. The van der Waals surface area contributed by atoms with Crippen LogP contribution in [0.25, 0.3) is 0 Å². The first-order valence-corrected chi connectivity index (χ1v) is 8.11. The summed E-state index contributed by atoms with van der Waals surface area (Å²) in [6, 6.07) is 5.43. The topological polar surface area (TPSA) is 58.4 Å². The van der Waals surface area contributed by atoms with Crippen molar-refractivity contribution in [2.45, 2.75) is 39.7 Å². The van der Waals surface area contributed by atoms with Crippen molar-refractivity contribution < 1.29 is 9.32 Å². The normalized spacial score (nSPS) is 17.6. The number of halogens is 1. The zero-order chi connectivity index (χ0) is 16.6. The minimum Gasteiger partial charge on any atom is -0.361 e. The number of nitrogens with one attached hydrogen (secondary N) is 1. The second kappa shape index (κ2) is 6.24. The minimum absolute atomic E-state index is 0.0159. The smallest absolute Gasteiger partial charge is 0.322 e. The fourth-order valence-corrected chi connectivity index (χ4v) is 3.32. The average Bonchev–Trinajstić information content (AvgIpc) is 3.09. The van der Waals surface area contributed by atoms with Gasteiger partial charge in [0.1, 0.15) is 5.76 Å². The number of aryl methyl sites for hydroxylation is 3. The second-order valence-corrected chi connectivity index (χ2v) is 6.39. The van der Waals surface area contributed by atoms with Gasteiger partial charge in [-0.1, -0.05) is 22.8 Å². The molecule has 0 saturated carbocycles. The van der Waals surface area contributed by atoms with Crippen LogP contribution < -0.4 is 5.32 Å². The van der Waals surface area contributed by atoms with E-state index in [1.807, 2.05) is 37.8 Å². The van der Waals surface area contributed by atoms with E-state index in [9.17, 15) is 4.79 Å². The number of urea groups is 1. The van der Waals surface area contributed by atoms with Crippen LogP contribution in [0.1, 0.15) is 41.5 Å². The van der Waals surface area contributed by atoms with Gasteiger partial charge in [-0.15, -0.1) is 0 Å². The molecule has 0 aliphatic carbocycles. The van der Waals surface area contributed by atoms with E-state index in [1.54, 1.807) is 6.07 Å². The van der Waals surface area contributed by atoms with Gasteiger partial charge in [0.2, 0.25) is 0 Å². The molecule has 1 fully saturated rings. The van der Waals surface area contributed by atoms with Gasteiger partial charge in [-0.2, -0.15) is 0 Å². The zero-order valence-electron chi connectivity index (χ0n) is 13.5. The lowest BCUT2D eigenvalue weighted by Gasteiger charge is -2.25. The molecule has 2 aromatic rings. The van der Waals surface area contributed by atoms with E-state index in [-0.39, 0.29) is 12.1 Å². The van der Waals surface area contributed by atoms with Gasteiger partial charge in [-0.3, -0.25) is 0 Å². The first-order chi connectivity index (χ1) is 11.0.